The standard InChI is InChI=1S/C15H17NO3/c1-10-8-12(17)5-6-14(10)15(18)16-11(2)9-13-4-3-7-19-13/h3-8,11,17H,9H2,1-2H3,(H,16,18). The van der Waals surface area contributed by atoms with Crippen molar-refractivity contribution in [3.63, 3.8) is 0 Å². The van der Waals surface area contributed by atoms with Gasteiger partial charge in [0.25, 0.3) is 5.91 Å². The van der Waals surface area contributed by atoms with Gasteiger partial charge in [-0.1, -0.05) is 0 Å². The number of furan rings is 1. The Morgan fingerprint density at radius 1 is 1.42 bits per heavy atom. The minimum absolute atomic E-state index is 0.0214. The normalized spacial score (nSPS) is 12.1. The Kier molecular flexibility index (Phi) is 3.90. The number of hydrogen-bond acceptors (Lipinski definition) is 3. The summed E-state index contributed by atoms with van der Waals surface area (Å²) in [6.07, 6.45) is 2.27. The highest BCUT2D eigenvalue weighted by molar-refractivity contribution is 5.95. The third-order valence-corrected chi connectivity index (χ3v) is 2.92. The molecule has 1 aromatic carbocycles. The number of carbonyl (C=O) groups is 1. The second-order valence-electron chi connectivity index (χ2n) is 4.66. The van der Waals surface area contributed by atoms with E-state index in [0.29, 0.717) is 12.0 Å². The lowest BCUT2D eigenvalue weighted by molar-refractivity contribution is 0.0938. The first kappa shape index (κ1) is 13.2. The quantitative estimate of drug-likeness (QED) is 0.887. The molecule has 2 N–H and O–H groups in total. The van der Waals surface area contributed by atoms with E-state index in [1.54, 1.807) is 25.3 Å². The Bertz CT molecular complexity index is 561. The molecule has 1 amide bonds. The summed E-state index contributed by atoms with van der Waals surface area (Å²) in [5, 5.41) is 12.2. The van der Waals surface area contributed by atoms with Crippen LogP contribution < -0.4 is 5.32 Å². The van der Waals surface area contributed by atoms with Crippen LogP contribution in [0.4, 0.5) is 0 Å². The SMILES string of the molecule is Cc1cc(O)ccc1C(=O)NC(C)Cc1ccco1. The van der Waals surface area contributed by atoms with Crippen molar-refractivity contribution in [2.75, 3.05) is 0 Å². The van der Waals surface area contributed by atoms with Crippen LogP contribution in [-0.4, -0.2) is 17.1 Å². The maximum absolute atomic E-state index is 12.1. The van der Waals surface area contributed by atoms with Crippen molar-refractivity contribution in [3.05, 3.63) is 53.5 Å². The van der Waals surface area contributed by atoms with Gasteiger partial charge in [0.2, 0.25) is 0 Å². The van der Waals surface area contributed by atoms with Crippen molar-refractivity contribution in [2.45, 2.75) is 26.3 Å². The third kappa shape index (κ3) is 3.37. The zero-order chi connectivity index (χ0) is 13.8. The molecule has 19 heavy (non-hydrogen) atoms. The van der Waals surface area contributed by atoms with E-state index in [2.05, 4.69) is 5.32 Å². The van der Waals surface area contributed by atoms with Crippen LogP contribution in [0.1, 0.15) is 28.6 Å². The summed E-state index contributed by atoms with van der Waals surface area (Å²) < 4.78 is 5.25. The average Bonchev–Trinajstić information content (AvgIpc) is 2.81. The number of nitrogens with one attached hydrogen (secondary N) is 1. The predicted molar refractivity (Wildman–Crippen MR) is 72.2 cm³/mol. The van der Waals surface area contributed by atoms with Crippen LogP contribution in [0.15, 0.2) is 41.0 Å². The molecule has 4 nitrogen and oxygen atoms in total. The second-order valence-corrected chi connectivity index (χ2v) is 4.66. The Balaban J connectivity index is 2.00. The van der Waals surface area contributed by atoms with E-state index in [9.17, 15) is 9.90 Å². The monoisotopic (exact) mass is 259 g/mol. The van der Waals surface area contributed by atoms with Crippen LogP contribution in [0.25, 0.3) is 0 Å². The van der Waals surface area contributed by atoms with Gasteiger partial charge in [-0.15, -0.1) is 0 Å². The Morgan fingerprint density at radius 2 is 2.21 bits per heavy atom. The lowest BCUT2D eigenvalue weighted by Gasteiger charge is -2.13. The molecular weight excluding hydrogens is 242 g/mol. The number of benzene rings is 1. The number of hydrogen-bond donors (Lipinski definition) is 2. The molecule has 0 fully saturated rings. The van der Waals surface area contributed by atoms with Gasteiger partial charge in [-0.3, -0.25) is 4.79 Å². The van der Waals surface area contributed by atoms with Gasteiger partial charge in [0.1, 0.15) is 11.5 Å². The largest absolute Gasteiger partial charge is 0.508 e. The van der Waals surface area contributed by atoms with Crippen LogP contribution in [0.3, 0.4) is 0 Å². The molecular formula is C15H17NO3. The van der Waals surface area contributed by atoms with Gasteiger partial charge in [-0.2, -0.15) is 0 Å². The van der Waals surface area contributed by atoms with Crippen molar-refractivity contribution in [3.8, 4) is 5.75 Å². The van der Waals surface area contributed by atoms with Gasteiger partial charge < -0.3 is 14.8 Å². The molecule has 0 aliphatic carbocycles. The summed E-state index contributed by atoms with van der Waals surface area (Å²) in [6.45, 7) is 3.72. The molecule has 2 aromatic rings. The van der Waals surface area contributed by atoms with E-state index in [4.69, 9.17) is 4.42 Å². The average molecular weight is 259 g/mol. The van der Waals surface area contributed by atoms with Crippen LogP contribution in [-0.2, 0) is 6.42 Å². The third-order valence-electron chi connectivity index (χ3n) is 2.92. The van der Waals surface area contributed by atoms with Gasteiger partial charge >= 0.3 is 0 Å². The molecule has 1 atom stereocenters. The van der Waals surface area contributed by atoms with Crippen molar-refractivity contribution >= 4 is 5.91 Å². The van der Waals surface area contributed by atoms with Crippen LogP contribution >= 0.6 is 0 Å². The smallest absolute Gasteiger partial charge is 0.251 e. The molecule has 0 spiro atoms. The van der Waals surface area contributed by atoms with E-state index >= 15 is 0 Å². The van der Waals surface area contributed by atoms with E-state index < -0.39 is 0 Å². The van der Waals surface area contributed by atoms with Crippen molar-refractivity contribution in [2.24, 2.45) is 0 Å². The number of phenolic OH excluding ortho intramolecular Hbond substituents is 1. The molecule has 0 bridgehead atoms. The first-order valence-corrected chi connectivity index (χ1v) is 6.19. The zero-order valence-corrected chi connectivity index (χ0v) is 11.0. The fourth-order valence-electron chi connectivity index (χ4n) is 1.99. The van der Waals surface area contributed by atoms with Crippen LogP contribution in [0.2, 0.25) is 0 Å². The summed E-state index contributed by atoms with van der Waals surface area (Å²) in [5.41, 5.74) is 1.33. The number of carbonyl (C=O) groups excluding carboxylic acids is 1. The molecule has 100 valence electrons. The van der Waals surface area contributed by atoms with Gasteiger partial charge in [0, 0.05) is 18.0 Å². The Labute approximate surface area is 112 Å². The highest BCUT2D eigenvalue weighted by Crippen LogP contribution is 2.15. The van der Waals surface area contributed by atoms with Gasteiger partial charge in [-0.05, 0) is 49.7 Å². The minimum atomic E-state index is -0.142. The Hall–Kier alpha value is -2.23. The van der Waals surface area contributed by atoms with Crippen molar-refractivity contribution < 1.29 is 14.3 Å². The summed E-state index contributed by atoms with van der Waals surface area (Å²) in [6, 6.07) is 8.40. The fraction of sp³-hybridized carbons (Fsp3) is 0.267. The first-order valence-electron chi connectivity index (χ1n) is 6.19. The van der Waals surface area contributed by atoms with E-state index in [1.165, 1.54) is 6.07 Å². The van der Waals surface area contributed by atoms with Gasteiger partial charge in [-0.25, -0.2) is 0 Å². The number of rotatable bonds is 4. The molecule has 2 rings (SSSR count). The van der Waals surface area contributed by atoms with Gasteiger partial charge in [0.05, 0.1) is 6.26 Å². The minimum Gasteiger partial charge on any atom is -0.508 e. The second kappa shape index (κ2) is 5.61. The summed E-state index contributed by atoms with van der Waals surface area (Å²) in [5.74, 6) is 0.865. The molecule has 0 aliphatic rings. The summed E-state index contributed by atoms with van der Waals surface area (Å²) in [7, 11) is 0. The number of aromatic hydroxyl groups is 1. The molecule has 0 radical (unpaired) electrons. The van der Waals surface area contributed by atoms with E-state index in [1.807, 2.05) is 19.1 Å². The predicted octanol–water partition coefficient (Wildman–Crippen LogP) is 2.65. The number of amides is 1. The molecule has 4 heteroatoms. The topological polar surface area (TPSA) is 62.5 Å². The number of phenols is 1. The molecule has 0 saturated heterocycles. The summed E-state index contributed by atoms with van der Waals surface area (Å²) >= 11 is 0. The van der Waals surface area contributed by atoms with Gasteiger partial charge in [0.15, 0.2) is 0 Å². The molecule has 1 heterocycles. The number of aryl methyl sites for hydroxylation is 1. The molecule has 1 unspecified atom stereocenters. The maximum Gasteiger partial charge on any atom is 0.251 e. The van der Waals surface area contributed by atoms with E-state index in [-0.39, 0.29) is 17.7 Å². The fourth-order valence-corrected chi connectivity index (χ4v) is 1.99. The highest BCUT2D eigenvalue weighted by Gasteiger charge is 2.13. The molecule has 1 aromatic heterocycles. The highest BCUT2D eigenvalue weighted by atomic mass is 16.3. The lowest BCUT2D eigenvalue weighted by atomic mass is 10.1. The lowest BCUT2D eigenvalue weighted by Crippen LogP contribution is -2.34. The maximum atomic E-state index is 12.1. The molecule has 0 saturated carbocycles. The Morgan fingerprint density at radius 3 is 2.84 bits per heavy atom. The van der Waals surface area contributed by atoms with Crippen LogP contribution in [0.5, 0.6) is 5.75 Å². The summed E-state index contributed by atoms with van der Waals surface area (Å²) in [4.78, 5) is 12.1. The molecule has 0 aliphatic heterocycles. The zero-order valence-electron chi connectivity index (χ0n) is 11.0. The van der Waals surface area contributed by atoms with Crippen LogP contribution in [0, 0.1) is 6.92 Å². The van der Waals surface area contributed by atoms with E-state index in [0.717, 1.165) is 11.3 Å². The van der Waals surface area contributed by atoms with Crippen molar-refractivity contribution in [1.82, 2.24) is 5.32 Å². The first-order chi connectivity index (χ1) is 9.06. The van der Waals surface area contributed by atoms with Crippen molar-refractivity contribution in [1.29, 1.82) is 0 Å².